The van der Waals surface area contributed by atoms with Crippen LogP contribution in [0.15, 0.2) is 48.5 Å². The van der Waals surface area contributed by atoms with E-state index in [0.29, 0.717) is 28.9 Å². The van der Waals surface area contributed by atoms with Gasteiger partial charge in [-0.2, -0.15) is 0 Å². The van der Waals surface area contributed by atoms with Gasteiger partial charge in [-0.25, -0.2) is 4.79 Å². The van der Waals surface area contributed by atoms with Gasteiger partial charge in [0.25, 0.3) is 0 Å². The highest BCUT2D eigenvalue weighted by Gasteiger charge is 2.10. The molecule has 0 fully saturated rings. The molecule has 2 rings (SSSR count). The molecule has 0 bridgehead atoms. The Hall–Kier alpha value is -2.62. The van der Waals surface area contributed by atoms with E-state index in [1.165, 1.54) is 13.2 Å². The van der Waals surface area contributed by atoms with Crippen molar-refractivity contribution in [3.63, 3.8) is 0 Å². The van der Waals surface area contributed by atoms with Crippen molar-refractivity contribution in [1.82, 2.24) is 0 Å². The van der Waals surface area contributed by atoms with Crippen molar-refractivity contribution in [2.45, 2.75) is 0 Å². The van der Waals surface area contributed by atoms with E-state index in [1.807, 2.05) is 6.07 Å². The van der Waals surface area contributed by atoms with Gasteiger partial charge in [-0.05, 0) is 24.3 Å². The summed E-state index contributed by atoms with van der Waals surface area (Å²) in [6.07, 6.45) is 0.682. The first-order chi connectivity index (χ1) is 9.24. The fourth-order valence-corrected chi connectivity index (χ4v) is 1.59. The van der Waals surface area contributed by atoms with Gasteiger partial charge >= 0.3 is 5.97 Å². The molecular weight excluding hydrogens is 244 g/mol. The quantitative estimate of drug-likeness (QED) is 0.479. The third-order valence-electron chi connectivity index (χ3n) is 2.55. The fourth-order valence-electron chi connectivity index (χ4n) is 1.59. The third kappa shape index (κ3) is 2.98. The second-order valence-electron chi connectivity index (χ2n) is 3.78. The van der Waals surface area contributed by atoms with Crippen LogP contribution in [-0.4, -0.2) is 19.4 Å². The van der Waals surface area contributed by atoms with Crippen molar-refractivity contribution in [2.75, 3.05) is 7.11 Å². The number of hydrogen-bond acceptors (Lipinski definition) is 4. The molecule has 0 saturated heterocycles. The summed E-state index contributed by atoms with van der Waals surface area (Å²) < 4.78 is 10.2. The van der Waals surface area contributed by atoms with Gasteiger partial charge in [-0.1, -0.05) is 18.2 Å². The van der Waals surface area contributed by atoms with Gasteiger partial charge in [0.15, 0.2) is 6.29 Å². The molecule has 4 heteroatoms. The van der Waals surface area contributed by atoms with Gasteiger partial charge < -0.3 is 9.47 Å². The summed E-state index contributed by atoms with van der Waals surface area (Å²) >= 11 is 0. The van der Waals surface area contributed by atoms with E-state index in [2.05, 4.69) is 0 Å². The topological polar surface area (TPSA) is 52.6 Å². The van der Waals surface area contributed by atoms with Crippen molar-refractivity contribution in [2.24, 2.45) is 0 Å². The highest BCUT2D eigenvalue weighted by molar-refractivity contribution is 5.91. The number of rotatable bonds is 4. The molecule has 0 amide bonds. The Bertz CT molecular complexity index is 590. The minimum Gasteiger partial charge on any atom is -0.496 e. The Labute approximate surface area is 110 Å². The lowest BCUT2D eigenvalue weighted by Crippen LogP contribution is -2.08. The predicted molar refractivity (Wildman–Crippen MR) is 69.8 cm³/mol. The molecule has 96 valence electrons. The van der Waals surface area contributed by atoms with E-state index in [0.717, 1.165) is 0 Å². The minimum atomic E-state index is -0.457. The molecule has 4 nitrogen and oxygen atoms in total. The van der Waals surface area contributed by atoms with Crippen molar-refractivity contribution in [1.29, 1.82) is 0 Å². The second-order valence-corrected chi connectivity index (χ2v) is 3.78. The zero-order chi connectivity index (χ0) is 13.7. The zero-order valence-electron chi connectivity index (χ0n) is 10.3. The lowest BCUT2D eigenvalue weighted by Gasteiger charge is -2.07. The number of carbonyl (C=O) groups is 2. The van der Waals surface area contributed by atoms with Gasteiger partial charge in [-0.3, -0.25) is 4.79 Å². The van der Waals surface area contributed by atoms with Gasteiger partial charge in [0.05, 0.1) is 18.2 Å². The molecule has 0 atom stereocenters. The number of ether oxygens (including phenoxy) is 2. The van der Waals surface area contributed by atoms with Gasteiger partial charge in [0.1, 0.15) is 11.5 Å². The number of carbonyl (C=O) groups excluding carboxylic acids is 2. The summed E-state index contributed by atoms with van der Waals surface area (Å²) in [4.78, 5) is 22.6. The molecule has 0 unspecified atom stereocenters. The van der Waals surface area contributed by atoms with Crippen LogP contribution in [0.2, 0.25) is 0 Å². The lowest BCUT2D eigenvalue weighted by atomic mass is 10.2. The van der Waals surface area contributed by atoms with Gasteiger partial charge in [-0.15, -0.1) is 0 Å². The van der Waals surface area contributed by atoms with E-state index in [9.17, 15) is 9.59 Å². The first-order valence-electron chi connectivity index (χ1n) is 5.65. The molecular formula is C15H12O4. The van der Waals surface area contributed by atoms with Crippen LogP contribution in [0.3, 0.4) is 0 Å². The number of hydrogen-bond donors (Lipinski definition) is 0. The summed E-state index contributed by atoms with van der Waals surface area (Å²) in [7, 11) is 1.45. The van der Waals surface area contributed by atoms with Crippen LogP contribution < -0.4 is 9.47 Å². The van der Waals surface area contributed by atoms with E-state index in [-0.39, 0.29) is 0 Å². The van der Waals surface area contributed by atoms with Crippen molar-refractivity contribution < 1.29 is 19.1 Å². The summed E-state index contributed by atoms with van der Waals surface area (Å²) in [5, 5.41) is 0. The van der Waals surface area contributed by atoms with Crippen LogP contribution in [-0.2, 0) is 0 Å². The van der Waals surface area contributed by atoms with Crippen LogP contribution in [0.1, 0.15) is 20.7 Å². The summed E-state index contributed by atoms with van der Waals surface area (Å²) in [5.74, 6) is 0.242. The molecule has 0 aliphatic heterocycles. The Morgan fingerprint density at radius 3 is 2.47 bits per heavy atom. The van der Waals surface area contributed by atoms with E-state index in [1.54, 1.807) is 36.4 Å². The smallest absolute Gasteiger partial charge is 0.343 e. The summed E-state index contributed by atoms with van der Waals surface area (Å²) in [6, 6.07) is 13.3. The van der Waals surface area contributed by atoms with Gasteiger partial charge in [0.2, 0.25) is 0 Å². The first-order valence-corrected chi connectivity index (χ1v) is 5.65. The Morgan fingerprint density at radius 1 is 1.11 bits per heavy atom. The molecule has 19 heavy (non-hydrogen) atoms. The maximum Gasteiger partial charge on any atom is 0.343 e. The number of aldehydes is 1. The zero-order valence-corrected chi connectivity index (χ0v) is 10.3. The van der Waals surface area contributed by atoms with Gasteiger partial charge in [0, 0.05) is 6.07 Å². The maximum atomic E-state index is 11.8. The van der Waals surface area contributed by atoms with E-state index < -0.39 is 5.97 Å². The lowest BCUT2D eigenvalue weighted by molar-refractivity contribution is 0.0734. The Kier molecular flexibility index (Phi) is 3.93. The maximum absolute atomic E-state index is 11.8. The average molecular weight is 256 g/mol. The normalized spacial score (nSPS) is 9.74. The molecule has 0 aromatic heterocycles. The van der Waals surface area contributed by atoms with Crippen LogP contribution in [0, 0.1) is 0 Å². The molecule has 0 radical (unpaired) electrons. The SMILES string of the molecule is COc1cc(OC(=O)c2ccccc2)ccc1C=O. The number of methoxy groups -OCH3 is 1. The monoisotopic (exact) mass is 256 g/mol. The molecule has 0 aliphatic rings. The first kappa shape index (κ1) is 12.8. The number of esters is 1. The molecule has 0 saturated carbocycles. The molecule has 0 spiro atoms. The van der Waals surface area contributed by atoms with Crippen molar-refractivity contribution >= 4 is 12.3 Å². The second kappa shape index (κ2) is 5.82. The fraction of sp³-hybridized carbons (Fsp3) is 0.0667. The molecule has 0 heterocycles. The molecule has 0 aliphatic carbocycles. The van der Waals surface area contributed by atoms with E-state index in [4.69, 9.17) is 9.47 Å². The predicted octanol–water partition coefficient (Wildman–Crippen LogP) is 2.73. The molecule has 0 N–H and O–H groups in total. The van der Waals surface area contributed by atoms with E-state index >= 15 is 0 Å². The summed E-state index contributed by atoms with van der Waals surface area (Å²) in [6.45, 7) is 0. The summed E-state index contributed by atoms with van der Waals surface area (Å²) in [5.41, 5.74) is 0.864. The number of benzene rings is 2. The third-order valence-corrected chi connectivity index (χ3v) is 2.55. The van der Waals surface area contributed by atoms with Crippen LogP contribution in [0.25, 0.3) is 0 Å². The van der Waals surface area contributed by atoms with Crippen LogP contribution >= 0.6 is 0 Å². The molecule has 2 aromatic rings. The Balaban J connectivity index is 2.20. The average Bonchev–Trinajstić information content (AvgIpc) is 2.48. The largest absolute Gasteiger partial charge is 0.496 e. The van der Waals surface area contributed by atoms with Crippen LogP contribution in [0.4, 0.5) is 0 Å². The van der Waals surface area contributed by atoms with Crippen molar-refractivity contribution in [3.8, 4) is 11.5 Å². The standard InChI is InChI=1S/C15H12O4/c1-18-14-9-13(8-7-12(14)10-16)19-15(17)11-5-3-2-4-6-11/h2-10H,1H3. The van der Waals surface area contributed by atoms with Crippen molar-refractivity contribution in [3.05, 3.63) is 59.7 Å². The highest BCUT2D eigenvalue weighted by Crippen LogP contribution is 2.24. The van der Waals surface area contributed by atoms with Crippen LogP contribution in [0.5, 0.6) is 11.5 Å². The molecule has 2 aromatic carbocycles. The highest BCUT2D eigenvalue weighted by atomic mass is 16.5. The minimum absolute atomic E-state index is 0.330. The Morgan fingerprint density at radius 2 is 1.84 bits per heavy atom.